The van der Waals surface area contributed by atoms with Gasteiger partial charge in [0.05, 0.1) is 18.8 Å². The third-order valence-corrected chi connectivity index (χ3v) is 6.67. The predicted octanol–water partition coefficient (Wildman–Crippen LogP) is 8.10. The second kappa shape index (κ2) is 15.2. The Bertz CT molecular complexity index is 1520. The fourth-order valence-electron chi connectivity index (χ4n) is 4.53. The Morgan fingerprint density at radius 1 is 0.786 bits per heavy atom. The Hall–Kier alpha value is -4.89. The molecule has 0 atom stereocenters. The lowest BCUT2D eigenvalue weighted by Crippen LogP contribution is -2.08. The van der Waals surface area contributed by atoms with Crippen LogP contribution in [0.4, 0.5) is 0 Å². The number of benzene rings is 4. The van der Waals surface area contributed by atoms with Gasteiger partial charge in [0, 0.05) is 18.1 Å². The van der Waals surface area contributed by atoms with Crippen molar-refractivity contribution >= 4 is 5.97 Å². The smallest absolute Gasteiger partial charge is 0.339 e. The van der Waals surface area contributed by atoms with Gasteiger partial charge in [0.25, 0.3) is 0 Å². The molecule has 0 radical (unpaired) electrons. The van der Waals surface area contributed by atoms with Crippen LogP contribution in [0.2, 0.25) is 0 Å². The first-order valence-corrected chi connectivity index (χ1v) is 14.2. The van der Waals surface area contributed by atoms with Crippen LogP contribution >= 0.6 is 0 Å². The van der Waals surface area contributed by atoms with Crippen molar-refractivity contribution in [3.63, 3.8) is 0 Å². The molecular weight excluding hydrogens is 528 g/mol. The van der Waals surface area contributed by atoms with Crippen molar-refractivity contribution in [1.82, 2.24) is 0 Å². The highest BCUT2D eigenvalue weighted by molar-refractivity contribution is 5.91. The van der Waals surface area contributed by atoms with Gasteiger partial charge >= 0.3 is 5.97 Å². The van der Waals surface area contributed by atoms with E-state index < -0.39 is 5.97 Å². The molecule has 0 spiro atoms. The van der Waals surface area contributed by atoms with Crippen molar-refractivity contribution in [3.05, 3.63) is 113 Å². The van der Waals surface area contributed by atoms with Crippen molar-refractivity contribution in [2.24, 2.45) is 0 Å². The molecule has 0 aliphatic carbocycles. The van der Waals surface area contributed by atoms with Crippen molar-refractivity contribution in [2.75, 3.05) is 13.2 Å². The van der Waals surface area contributed by atoms with E-state index in [9.17, 15) is 9.90 Å². The van der Waals surface area contributed by atoms with E-state index in [4.69, 9.17) is 25.4 Å². The van der Waals surface area contributed by atoms with Crippen LogP contribution in [0.25, 0.3) is 0 Å². The van der Waals surface area contributed by atoms with E-state index in [1.807, 2.05) is 60.7 Å². The average molecular weight is 565 g/mol. The fraction of sp³-hybridized carbons (Fsp3) is 0.250. The van der Waals surface area contributed by atoms with E-state index in [1.165, 1.54) is 6.07 Å². The zero-order chi connectivity index (χ0) is 29.7. The van der Waals surface area contributed by atoms with Crippen LogP contribution in [0, 0.1) is 12.3 Å². The topological polar surface area (TPSA) is 74.2 Å². The van der Waals surface area contributed by atoms with Crippen LogP contribution in [0.3, 0.4) is 0 Å². The number of carboxylic acids is 1. The first-order valence-electron chi connectivity index (χ1n) is 14.2. The zero-order valence-corrected chi connectivity index (χ0v) is 24.1. The molecule has 0 aliphatic heterocycles. The first kappa shape index (κ1) is 30.1. The quantitative estimate of drug-likeness (QED) is 0.116. The summed E-state index contributed by atoms with van der Waals surface area (Å²) in [7, 11) is 0. The van der Waals surface area contributed by atoms with Gasteiger partial charge < -0.3 is 24.1 Å². The highest BCUT2D eigenvalue weighted by atomic mass is 16.5. The molecular formula is C36H36O6. The SMILES string of the molecule is C#Cc1cc(CC)c(OCCCOc2cccc(Oc3ccccc3C(=O)O)c2CCC)cc1OCc1ccccc1. The Balaban J connectivity index is 1.39. The van der Waals surface area contributed by atoms with Gasteiger partial charge in [-0.1, -0.05) is 74.7 Å². The normalized spacial score (nSPS) is 10.5. The molecule has 1 N–H and O–H groups in total. The summed E-state index contributed by atoms with van der Waals surface area (Å²) >= 11 is 0. The van der Waals surface area contributed by atoms with Gasteiger partial charge in [-0.2, -0.15) is 0 Å². The number of aryl methyl sites for hydroxylation is 1. The summed E-state index contributed by atoms with van der Waals surface area (Å²) in [5, 5.41) is 9.54. The number of rotatable bonds is 15. The van der Waals surface area contributed by atoms with Crippen molar-refractivity contribution < 1.29 is 28.8 Å². The number of ether oxygens (including phenoxy) is 4. The Labute approximate surface area is 247 Å². The number of para-hydroxylation sites is 1. The Morgan fingerprint density at radius 2 is 1.48 bits per heavy atom. The molecule has 4 aromatic rings. The molecule has 0 heterocycles. The van der Waals surface area contributed by atoms with Crippen LogP contribution in [-0.4, -0.2) is 24.3 Å². The monoisotopic (exact) mass is 564 g/mol. The fourth-order valence-corrected chi connectivity index (χ4v) is 4.53. The maximum Gasteiger partial charge on any atom is 0.339 e. The molecule has 0 unspecified atom stereocenters. The highest BCUT2D eigenvalue weighted by Gasteiger charge is 2.16. The Morgan fingerprint density at radius 3 is 2.19 bits per heavy atom. The molecule has 6 heteroatoms. The lowest BCUT2D eigenvalue weighted by atomic mass is 10.1. The number of terminal acetylenes is 1. The maximum atomic E-state index is 11.6. The third-order valence-electron chi connectivity index (χ3n) is 6.67. The lowest BCUT2D eigenvalue weighted by Gasteiger charge is -2.17. The number of aromatic carboxylic acids is 1. The Kier molecular flexibility index (Phi) is 10.9. The van der Waals surface area contributed by atoms with Crippen LogP contribution in [0.15, 0.2) is 84.9 Å². The van der Waals surface area contributed by atoms with E-state index in [2.05, 4.69) is 19.8 Å². The molecule has 4 rings (SSSR count). The molecule has 0 bridgehead atoms. The molecule has 6 nitrogen and oxygen atoms in total. The molecule has 0 aromatic heterocycles. The number of carboxylic acid groups (broad SMARTS) is 1. The summed E-state index contributed by atoms with van der Waals surface area (Å²) in [5.74, 6) is 4.66. The highest BCUT2D eigenvalue weighted by Crippen LogP contribution is 2.35. The summed E-state index contributed by atoms with van der Waals surface area (Å²) < 4.78 is 24.5. The third kappa shape index (κ3) is 7.86. The zero-order valence-electron chi connectivity index (χ0n) is 24.1. The van der Waals surface area contributed by atoms with Gasteiger partial charge in [-0.25, -0.2) is 4.79 Å². The number of hydrogen-bond donors (Lipinski definition) is 1. The van der Waals surface area contributed by atoms with Crippen molar-refractivity contribution in [2.45, 2.75) is 46.1 Å². The van der Waals surface area contributed by atoms with Gasteiger partial charge in [-0.3, -0.25) is 0 Å². The van der Waals surface area contributed by atoms with E-state index in [0.717, 1.165) is 41.7 Å². The molecule has 0 saturated heterocycles. The van der Waals surface area contributed by atoms with Crippen LogP contribution in [0.1, 0.15) is 59.3 Å². The van der Waals surface area contributed by atoms with Crippen molar-refractivity contribution in [3.8, 4) is 41.1 Å². The predicted molar refractivity (Wildman–Crippen MR) is 164 cm³/mol. The number of carbonyl (C=O) groups is 1. The van der Waals surface area contributed by atoms with Gasteiger partial charge in [-0.15, -0.1) is 6.42 Å². The average Bonchev–Trinajstić information content (AvgIpc) is 3.01. The molecule has 0 amide bonds. The van der Waals surface area contributed by atoms with Gasteiger partial charge in [0.1, 0.15) is 40.9 Å². The molecule has 0 aliphatic rings. The second-order valence-corrected chi connectivity index (χ2v) is 9.66. The van der Waals surface area contributed by atoms with E-state index in [-0.39, 0.29) is 5.56 Å². The van der Waals surface area contributed by atoms with E-state index in [0.29, 0.717) is 54.8 Å². The summed E-state index contributed by atoms with van der Waals surface area (Å²) in [4.78, 5) is 11.6. The van der Waals surface area contributed by atoms with Gasteiger partial charge in [-0.05, 0) is 54.3 Å². The van der Waals surface area contributed by atoms with Gasteiger partial charge in [0.2, 0.25) is 0 Å². The first-order chi connectivity index (χ1) is 20.5. The molecule has 4 aromatic carbocycles. The van der Waals surface area contributed by atoms with Crippen LogP contribution in [0.5, 0.6) is 28.7 Å². The minimum Gasteiger partial charge on any atom is -0.493 e. The van der Waals surface area contributed by atoms with Crippen molar-refractivity contribution in [1.29, 1.82) is 0 Å². The van der Waals surface area contributed by atoms with E-state index in [1.54, 1.807) is 18.2 Å². The summed E-state index contributed by atoms with van der Waals surface area (Å²) in [6.45, 7) is 5.45. The molecule has 216 valence electrons. The number of hydrogen-bond acceptors (Lipinski definition) is 5. The molecule has 42 heavy (non-hydrogen) atoms. The summed E-state index contributed by atoms with van der Waals surface area (Å²) in [5.41, 5.74) is 3.79. The minimum atomic E-state index is -1.04. The molecule has 0 saturated carbocycles. The summed E-state index contributed by atoms with van der Waals surface area (Å²) in [6, 6.07) is 26.0. The van der Waals surface area contributed by atoms with Gasteiger partial charge in [0.15, 0.2) is 0 Å². The van der Waals surface area contributed by atoms with E-state index >= 15 is 0 Å². The lowest BCUT2D eigenvalue weighted by molar-refractivity contribution is 0.0694. The molecule has 0 fully saturated rings. The largest absolute Gasteiger partial charge is 0.493 e. The second-order valence-electron chi connectivity index (χ2n) is 9.66. The summed E-state index contributed by atoms with van der Waals surface area (Å²) in [6.07, 6.45) is 8.80. The van der Waals surface area contributed by atoms with Crippen LogP contribution in [-0.2, 0) is 19.4 Å². The standard InChI is InChI=1S/C36H36O6/c1-4-14-29-31(19-12-20-32(29)42-33-18-11-10-17-30(33)36(37)38)39-21-13-22-40-34-24-35(28(6-3)23-27(34)5-2)41-25-26-15-8-7-9-16-26/h3,7-12,15-20,23-24H,4-5,13-14,21-22,25H2,1-2H3,(H,37,38). The van der Waals surface area contributed by atoms with Crippen LogP contribution < -0.4 is 18.9 Å². The maximum absolute atomic E-state index is 11.6. The minimum absolute atomic E-state index is 0.110.